The van der Waals surface area contributed by atoms with Gasteiger partial charge in [0.05, 0.1) is 24.2 Å². The Hall–Kier alpha value is -3.80. The van der Waals surface area contributed by atoms with Gasteiger partial charge in [0, 0.05) is 6.54 Å². The van der Waals surface area contributed by atoms with Crippen molar-refractivity contribution in [2.75, 3.05) is 13.2 Å². The number of hydrogen-bond donors (Lipinski definition) is 1. The van der Waals surface area contributed by atoms with Crippen LogP contribution in [0.2, 0.25) is 0 Å². The summed E-state index contributed by atoms with van der Waals surface area (Å²) in [6.07, 6.45) is 1.87. The molecule has 0 saturated carbocycles. The third kappa shape index (κ3) is 6.63. The van der Waals surface area contributed by atoms with Crippen LogP contribution in [-0.2, 0) is 17.9 Å². The molecule has 0 aliphatic heterocycles. The van der Waals surface area contributed by atoms with Gasteiger partial charge in [0.1, 0.15) is 17.3 Å². The SMILES string of the molecule is Cc1ccc(OCCCCn2c(CNC(=O)COc3cc(C)ccc3C)nc3ccccc32)cc1. The number of hydrogen-bond acceptors (Lipinski definition) is 4. The molecule has 4 aromatic rings. The van der Waals surface area contributed by atoms with Crippen LogP contribution >= 0.6 is 0 Å². The van der Waals surface area contributed by atoms with Crippen molar-refractivity contribution in [1.29, 1.82) is 0 Å². The van der Waals surface area contributed by atoms with Crippen molar-refractivity contribution in [2.24, 2.45) is 0 Å². The summed E-state index contributed by atoms with van der Waals surface area (Å²) in [5.41, 5.74) is 5.34. The number of nitrogens with zero attached hydrogens (tertiary/aromatic N) is 2. The molecule has 0 saturated heterocycles. The predicted octanol–water partition coefficient (Wildman–Crippen LogP) is 5.52. The van der Waals surface area contributed by atoms with Gasteiger partial charge in [0.15, 0.2) is 6.61 Å². The number of imidazole rings is 1. The Bertz CT molecular complexity index is 1280. The molecule has 1 N–H and O–H groups in total. The zero-order valence-corrected chi connectivity index (χ0v) is 20.7. The normalized spacial score (nSPS) is 10.9. The van der Waals surface area contributed by atoms with Crippen LogP contribution in [0.4, 0.5) is 0 Å². The molecule has 0 bridgehead atoms. The van der Waals surface area contributed by atoms with Crippen LogP contribution in [0.5, 0.6) is 11.5 Å². The summed E-state index contributed by atoms with van der Waals surface area (Å²) < 4.78 is 13.8. The Labute approximate surface area is 206 Å². The van der Waals surface area contributed by atoms with Crippen LogP contribution in [0.15, 0.2) is 66.7 Å². The van der Waals surface area contributed by atoms with E-state index >= 15 is 0 Å². The number of para-hydroxylation sites is 2. The molecule has 0 spiro atoms. The van der Waals surface area contributed by atoms with E-state index in [1.807, 2.05) is 62.4 Å². The van der Waals surface area contributed by atoms with Gasteiger partial charge in [-0.15, -0.1) is 0 Å². The number of amides is 1. The van der Waals surface area contributed by atoms with E-state index in [1.54, 1.807) is 0 Å². The molecule has 182 valence electrons. The van der Waals surface area contributed by atoms with Crippen LogP contribution in [-0.4, -0.2) is 28.7 Å². The molecule has 4 rings (SSSR count). The average Bonchev–Trinajstić information content (AvgIpc) is 3.21. The number of rotatable bonds is 11. The third-order valence-corrected chi connectivity index (χ3v) is 5.95. The van der Waals surface area contributed by atoms with E-state index in [1.165, 1.54) is 5.56 Å². The maximum Gasteiger partial charge on any atom is 0.258 e. The van der Waals surface area contributed by atoms with Crippen LogP contribution in [0.25, 0.3) is 11.0 Å². The fourth-order valence-electron chi connectivity index (χ4n) is 3.94. The predicted molar refractivity (Wildman–Crippen MR) is 139 cm³/mol. The lowest BCUT2D eigenvalue weighted by atomic mass is 10.1. The minimum absolute atomic E-state index is 0.0269. The first-order valence-electron chi connectivity index (χ1n) is 12.1. The number of carbonyl (C=O) groups excluding carboxylic acids is 1. The minimum atomic E-state index is -0.170. The molecule has 0 atom stereocenters. The summed E-state index contributed by atoms with van der Waals surface area (Å²) in [5.74, 6) is 2.30. The van der Waals surface area contributed by atoms with Gasteiger partial charge in [0.2, 0.25) is 0 Å². The van der Waals surface area contributed by atoms with E-state index in [0.717, 1.165) is 58.9 Å². The topological polar surface area (TPSA) is 65.4 Å². The summed E-state index contributed by atoms with van der Waals surface area (Å²) in [5, 5.41) is 2.96. The molecule has 1 amide bonds. The third-order valence-electron chi connectivity index (χ3n) is 5.95. The van der Waals surface area contributed by atoms with Crippen LogP contribution in [0.1, 0.15) is 35.4 Å². The summed E-state index contributed by atoms with van der Waals surface area (Å²) in [7, 11) is 0. The van der Waals surface area contributed by atoms with Crippen molar-refractivity contribution in [3.8, 4) is 11.5 Å². The van der Waals surface area contributed by atoms with Crippen LogP contribution < -0.4 is 14.8 Å². The maximum absolute atomic E-state index is 12.5. The number of fused-ring (bicyclic) bond motifs is 1. The first kappa shape index (κ1) is 24.3. The number of carbonyl (C=O) groups is 1. The number of unbranched alkanes of at least 4 members (excludes halogenated alkanes) is 1. The zero-order valence-electron chi connectivity index (χ0n) is 20.7. The number of aromatic nitrogens is 2. The number of nitrogens with one attached hydrogen (secondary N) is 1. The van der Waals surface area contributed by atoms with Gasteiger partial charge in [-0.1, -0.05) is 42.0 Å². The largest absolute Gasteiger partial charge is 0.494 e. The Morgan fingerprint density at radius 2 is 1.69 bits per heavy atom. The molecule has 0 aliphatic carbocycles. The average molecular weight is 472 g/mol. The number of aryl methyl sites for hydroxylation is 4. The molecule has 3 aromatic carbocycles. The highest BCUT2D eigenvalue weighted by Crippen LogP contribution is 2.20. The van der Waals surface area contributed by atoms with Gasteiger partial charge in [0.25, 0.3) is 5.91 Å². The molecule has 35 heavy (non-hydrogen) atoms. The summed E-state index contributed by atoms with van der Waals surface area (Å²) in [6, 6.07) is 22.2. The van der Waals surface area contributed by atoms with Gasteiger partial charge in [-0.2, -0.15) is 0 Å². The molecule has 1 heterocycles. The van der Waals surface area contributed by atoms with Crippen molar-refractivity contribution < 1.29 is 14.3 Å². The lowest BCUT2D eigenvalue weighted by Crippen LogP contribution is -2.29. The van der Waals surface area contributed by atoms with E-state index in [0.29, 0.717) is 13.2 Å². The Morgan fingerprint density at radius 1 is 0.914 bits per heavy atom. The second kappa shape index (κ2) is 11.6. The molecular weight excluding hydrogens is 438 g/mol. The van der Waals surface area contributed by atoms with Crippen molar-refractivity contribution in [3.63, 3.8) is 0 Å². The van der Waals surface area contributed by atoms with E-state index in [-0.39, 0.29) is 12.5 Å². The Balaban J connectivity index is 1.31. The summed E-state index contributed by atoms with van der Waals surface area (Å²) in [4.78, 5) is 17.2. The lowest BCUT2D eigenvalue weighted by molar-refractivity contribution is -0.123. The molecule has 0 unspecified atom stereocenters. The first-order valence-corrected chi connectivity index (χ1v) is 12.1. The second-order valence-corrected chi connectivity index (χ2v) is 8.87. The van der Waals surface area contributed by atoms with E-state index < -0.39 is 0 Å². The van der Waals surface area contributed by atoms with Gasteiger partial charge < -0.3 is 19.4 Å². The van der Waals surface area contributed by atoms with E-state index in [9.17, 15) is 4.79 Å². The Kier molecular flexibility index (Phi) is 8.03. The molecule has 0 aliphatic rings. The molecule has 6 heteroatoms. The lowest BCUT2D eigenvalue weighted by Gasteiger charge is -2.12. The second-order valence-electron chi connectivity index (χ2n) is 8.87. The van der Waals surface area contributed by atoms with E-state index in [2.05, 4.69) is 35.0 Å². The minimum Gasteiger partial charge on any atom is -0.494 e. The smallest absolute Gasteiger partial charge is 0.258 e. The van der Waals surface area contributed by atoms with Crippen molar-refractivity contribution >= 4 is 16.9 Å². The number of ether oxygens (including phenoxy) is 2. The summed E-state index contributed by atoms with van der Waals surface area (Å²) >= 11 is 0. The van der Waals surface area contributed by atoms with Gasteiger partial charge in [-0.05, 0) is 75.1 Å². The van der Waals surface area contributed by atoms with Crippen LogP contribution in [0, 0.1) is 20.8 Å². The monoisotopic (exact) mass is 471 g/mol. The maximum atomic E-state index is 12.5. The standard InChI is InChI=1S/C29H33N3O3/c1-21-11-14-24(15-12-21)34-17-7-6-16-32-26-9-5-4-8-25(26)31-28(32)19-30-29(33)20-35-27-18-22(2)10-13-23(27)3/h4-5,8-15,18H,6-7,16-17,19-20H2,1-3H3,(H,30,33). The zero-order chi connectivity index (χ0) is 24.6. The molecular formula is C29H33N3O3. The van der Waals surface area contributed by atoms with Gasteiger partial charge in [-0.25, -0.2) is 4.98 Å². The van der Waals surface area contributed by atoms with Gasteiger partial charge >= 0.3 is 0 Å². The fourth-order valence-corrected chi connectivity index (χ4v) is 3.94. The highest BCUT2D eigenvalue weighted by molar-refractivity contribution is 5.78. The molecule has 0 radical (unpaired) electrons. The summed E-state index contributed by atoms with van der Waals surface area (Å²) in [6.45, 7) is 7.84. The Morgan fingerprint density at radius 3 is 2.51 bits per heavy atom. The van der Waals surface area contributed by atoms with E-state index in [4.69, 9.17) is 14.5 Å². The van der Waals surface area contributed by atoms with Gasteiger partial charge in [-0.3, -0.25) is 4.79 Å². The molecule has 1 aromatic heterocycles. The molecule has 6 nitrogen and oxygen atoms in total. The van der Waals surface area contributed by atoms with Crippen LogP contribution in [0.3, 0.4) is 0 Å². The quantitative estimate of drug-likeness (QED) is 0.293. The highest BCUT2D eigenvalue weighted by atomic mass is 16.5. The number of benzene rings is 3. The molecule has 0 fully saturated rings. The fraction of sp³-hybridized carbons (Fsp3) is 0.310. The first-order chi connectivity index (χ1) is 17.0. The van der Waals surface area contributed by atoms with Crippen molar-refractivity contribution in [1.82, 2.24) is 14.9 Å². The highest BCUT2D eigenvalue weighted by Gasteiger charge is 2.12. The van der Waals surface area contributed by atoms with Crippen molar-refractivity contribution in [2.45, 2.75) is 46.7 Å². The van der Waals surface area contributed by atoms with Crippen molar-refractivity contribution in [3.05, 3.63) is 89.2 Å².